The lowest BCUT2D eigenvalue weighted by atomic mass is 10.2. The van der Waals surface area contributed by atoms with Crippen molar-refractivity contribution in [1.29, 1.82) is 0 Å². The molecule has 1 fully saturated rings. The van der Waals surface area contributed by atoms with E-state index in [0.717, 1.165) is 45.3 Å². The first-order chi connectivity index (χ1) is 12.6. The number of aromatic nitrogens is 2. The fourth-order valence-corrected chi connectivity index (χ4v) is 3.40. The van der Waals surface area contributed by atoms with E-state index in [1.807, 2.05) is 35.2 Å². The zero-order valence-corrected chi connectivity index (χ0v) is 16.0. The van der Waals surface area contributed by atoms with Gasteiger partial charge in [-0.05, 0) is 48.7 Å². The molecule has 6 heteroatoms. The molecule has 0 unspecified atom stereocenters. The predicted molar refractivity (Wildman–Crippen MR) is 106 cm³/mol. The van der Waals surface area contributed by atoms with Crippen LogP contribution in [0, 0.1) is 0 Å². The van der Waals surface area contributed by atoms with Crippen LogP contribution in [0.4, 0.5) is 11.5 Å². The first-order valence-corrected chi connectivity index (χ1v) is 9.43. The molecule has 26 heavy (non-hydrogen) atoms. The quantitative estimate of drug-likeness (QED) is 0.664. The summed E-state index contributed by atoms with van der Waals surface area (Å²) in [7, 11) is 0. The van der Waals surface area contributed by atoms with Gasteiger partial charge in [0, 0.05) is 35.1 Å². The highest BCUT2D eigenvalue weighted by molar-refractivity contribution is 9.10. The molecule has 0 radical (unpaired) electrons. The molecule has 4 rings (SSSR count). The average Bonchev–Trinajstić information content (AvgIpc) is 3.46. The van der Waals surface area contributed by atoms with Gasteiger partial charge >= 0.3 is 0 Å². The van der Waals surface area contributed by atoms with Gasteiger partial charge in [0.2, 0.25) is 5.91 Å². The van der Waals surface area contributed by atoms with Crippen LogP contribution in [0.15, 0.2) is 53.3 Å². The zero-order chi connectivity index (χ0) is 18.1. The van der Waals surface area contributed by atoms with E-state index < -0.39 is 0 Å². The minimum Gasteiger partial charge on any atom is -0.340 e. The van der Waals surface area contributed by atoms with Crippen LogP contribution in [0.25, 0.3) is 10.9 Å². The fourth-order valence-electron chi connectivity index (χ4n) is 3.04. The number of benzene rings is 2. The maximum Gasteiger partial charge on any atom is 0.219 e. The molecule has 0 aliphatic heterocycles. The summed E-state index contributed by atoms with van der Waals surface area (Å²) in [5.41, 5.74) is 2.98. The Morgan fingerprint density at radius 3 is 2.65 bits per heavy atom. The average molecular weight is 411 g/mol. The van der Waals surface area contributed by atoms with Gasteiger partial charge < -0.3 is 10.2 Å². The van der Waals surface area contributed by atoms with Crippen LogP contribution in [-0.2, 0) is 11.3 Å². The second kappa shape index (κ2) is 7.03. The standard InChI is InChI=1S/C20H19BrN4O/c1-13(26)25(17-7-8-17)11-14-2-5-16(6-3-14)24-20-18-10-15(21)4-9-19(18)22-12-23-20/h2-6,9-10,12,17H,7-8,11H2,1H3,(H,22,23,24). The Balaban J connectivity index is 1.53. The Kier molecular flexibility index (Phi) is 4.59. The molecule has 1 amide bonds. The summed E-state index contributed by atoms with van der Waals surface area (Å²) in [6, 6.07) is 14.5. The van der Waals surface area contributed by atoms with Crippen LogP contribution in [-0.4, -0.2) is 26.8 Å². The van der Waals surface area contributed by atoms with Gasteiger partial charge in [-0.3, -0.25) is 4.79 Å². The first kappa shape index (κ1) is 17.0. The van der Waals surface area contributed by atoms with E-state index in [9.17, 15) is 4.79 Å². The molecule has 0 saturated heterocycles. The molecule has 1 saturated carbocycles. The smallest absolute Gasteiger partial charge is 0.219 e. The van der Waals surface area contributed by atoms with Gasteiger partial charge in [0.15, 0.2) is 0 Å². The molecular weight excluding hydrogens is 392 g/mol. The van der Waals surface area contributed by atoms with Gasteiger partial charge in [-0.15, -0.1) is 0 Å². The number of carbonyl (C=O) groups is 1. The number of hydrogen-bond acceptors (Lipinski definition) is 4. The van der Waals surface area contributed by atoms with E-state index in [0.29, 0.717) is 12.6 Å². The summed E-state index contributed by atoms with van der Waals surface area (Å²) in [5, 5.41) is 4.32. The molecule has 0 bridgehead atoms. The van der Waals surface area contributed by atoms with E-state index in [1.54, 1.807) is 13.3 Å². The largest absolute Gasteiger partial charge is 0.340 e. The Hall–Kier alpha value is -2.47. The maximum absolute atomic E-state index is 11.8. The Morgan fingerprint density at radius 1 is 1.19 bits per heavy atom. The number of rotatable bonds is 5. The van der Waals surface area contributed by atoms with Gasteiger partial charge in [0.05, 0.1) is 5.52 Å². The summed E-state index contributed by atoms with van der Waals surface area (Å²) in [4.78, 5) is 22.4. The van der Waals surface area contributed by atoms with Gasteiger partial charge in [-0.25, -0.2) is 9.97 Å². The number of nitrogens with one attached hydrogen (secondary N) is 1. The van der Waals surface area contributed by atoms with Gasteiger partial charge in [0.1, 0.15) is 12.1 Å². The molecule has 132 valence electrons. The van der Waals surface area contributed by atoms with Crippen molar-refractivity contribution in [1.82, 2.24) is 14.9 Å². The molecular formula is C20H19BrN4O. The van der Waals surface area contributed by atoms with Crippen LogP contribution in [0.3, 0.4) is 0 Å². The summed E-state index contributed by atoms with van der Waals surface area (Å²) >= 11 is 3.50. The number of halogens is 1. The van der Waals surface area contributed by atoms with Crippen molar-refractivity contribution < 1.29 is 4.79 Å². The first-order valence-electron chi connectivity index (χ1n) is 8.63. The highest BCUT2D eigenvalue weighted by Crippen LogP contribution is 2.29. The Labute approximate surface area is 160 Å². The van der Waals surface area contributed by atoms with Crippen molar-refractivity contribution in [3.05, 3.63) is 58.8 Å². The van der Waals surface area contributed by atoms with Crippen molar-refractivity contribution in [2.75, 3.05) is 5.32 Å². The zero-order valence-electron chi connectivity index (χ0n) is 14.4. The molecule has 0 atom stereocenters. The minimum atomic E-state index is 0.146. The molecule has 0 spiro atoms. The summed E-state index contributed by atoms with van der Waals surface area (Å²) in [5.74, 6) is 0.917. The molecule has 1 aliphatic carbocycles. The Bertz CT molecular complexity index is 954. The highest BCUT2D eigenvalue weighted by Gasteiger charge is 2.30. The third-order valence-electron chi connectivity index (χ3n) is 4.56. The maximum atomic E-state index is 11.8. The second-order valence-corrected chi connectivity index (χ2v) is 7.50. The van der Waals surface area contributed by atoms with Gasteiger partial charge in [0.25, 0.3) is 0 Å². The number of hydrogen-bond donors (Lipinski definition) is 1. The number of fused-ring (bicyclic) bond motifs is 1. The summed E-state index contributed by atoms with van der Waals surface area (Å²) in [6.07, 6.45) is 3.80. The Morgan fingerprint density at radius 2 is 1.96 bits per heavy atom. The van der Waals surface area contributed by atoms with Crippen LogP contribution in [0.5, 0.6) is 0 Å². The normalized spacial score (nSPS) is 13.6. The molecule has 3 aromatic rings. The number of amides is 1. The van der Waals surface area contributed by atoms with Crippen LogP contribution in [0.2, 0.25) is 0 Å². The van der Waals surface area contributed by atoms with Crippen molar-refractivity contribution in [2.45, 2.75) is 32.4 Å². The molecule has 1 N–H and O–H groups in total. The van der Waals surface area contributed by atoms with Crippen LogP contribution >= 0.6 is 15.9 Å². The third-order valence-corrected chi connectivity index (χ3v) is 5.05. The fraction of sp³-hybridized carbons (Fsp3) is 0.250. The topological polar surface area (TPSA) is 58.1 Å². The van der Waals surface area contributed by atoms with E-state index in [4.69, 9.17) is 0 Å². The van der Waals surface area contributed by atoms with E-state index >= 15 is 0 Å². The van der Waals surface area contributed by atoms with Crippen LogP contribution in [0.1, 0.15) is 25.3 Å². The van der Waals surface area contributed by atoms with Crippen molar-refractivity contribution in [3.63, 3.8) is 0 Å². The molecule has 1 aromatic heterocycles. The van der Waals surface area contributed by atoms with Crippen molar-refractivity contribution in [2.24, 2.45) is 0 Å². The predicted octanol–water partition coefficient (Wildman–Crippen LogP) is 4.65. The lowest BCUT2D eigenvalue weighted by Gasteiger charge is -2.20. The van der Waals surface area contributed by atoms with E-state index in [-0.39, 0.29) is 5.91 Å². The van der Waals surface area contributed by atoms with Crippen LogP contribution < -0.4 is 5.32 Å². The monoisotopic (exact) mass is 410 g/mol. The number of nitrogens with zero attached hydrogens (tertiary/aromatic N) is 3. The third kappa shape index (κ3) is 3.70. The second-order valence-electron chi connectivity index (χ2n) is 6.58. The molecule has 5 nitrogen and oxygen atoms in total. The summed E-state index contributed by atoms with van der Waals surface area (Å²) in [6.45, 7) is 2.32. The van der Waals surface area contributed by atoms with E-state index in [1.165, 1.54) is 0 Å². The lowest BCUT2D eigenvalue weighted by Crippen LogP contribution is -2.30. The molecule has 2 aromatic carbocycles. The SMILES string of the molecule is CC(=O)N(Cc1ccc(Nc2ncnc3ccc(Br)cc23)cc1)C1CC1. The lowest BCUT2D eigenvalue weighted by molar-refractivity contribution is -0.130. The van der Waals surface area contributed by atoms with Crippen molar-refractivity contribution >= 4 is 44.2 Å². The number of carbonyl (C=O) groups excluding carboxylic acids is 1. The molecule has 1 aliphatic rings. The molecule has 1 heterocycles. The number of anilines is 2. The minimum absolute atomic E-state index is 0.146. The van der Waals surface area contributed by atoms with Gasteiger partial charge in [-0.2, -0.15) is 0 Å². The summed E-state index contributed by atoms with van der Waals surface area (Å²) < 4.78 is 0.989. The highest BCUT2D eigenvalue weighted by atomic mass is 79.9. The van der Waals surface area contributed by atoms with Gasteiger partial charge in [-0.1, -0.05) is 28.1 Å². The van der Waals surface area contributed by atoms with Crippen molar-refractivity contribution in [3.8, 4) is 0 Å². The van der Waals surface area contributed by atoms with E-state index in [2.05, 4.69) is 43.3 Å².